The molecule has 1 aliphatic rings. The summed E-state index contributed by atoms with van der Waals surface area (Å²) in [6.07, 6.45) is 8.85. The second-order valence-corrected chi connectivity index (χ2v) is 3.90. The number of piperidine rings is 1. The lowest BCUT2D eigenvalue weighted by atomic mass is 10.00. The molecule has 0 saturated carbocycles. The number of rotatable bonds is 3. The quantitative estimate of drug-likeness (QED) is 0.803. The molecular weight excluding hydrogens is 190 g/mol. The van der Waals surface area contributed by atoms with E-state index in [9.17, 15) is 0 Å². The Morgan fingerprint density at radius 3 is 3.07 bits per heavy atom. The zero-order valence-corrected chi connectivity index (χ0v) is 8.84. The lowest BCUT2D eigenvalue weighted by molar-refractivity contribution is 0.114. The first-order valence-corrected chi connectivity index (χ1v) is 5.52. The summed E-state index contributed by atoms with van der Waals surface area (Å²) in [5, 5.41) is 9.01. The molecule has 4 heteroatoms. The van der Waals surface area contributed by atoms with Gasteiger partial charge in [0.05, 0.1) is 18.3 Å². The topological polar surface area (TPSA) is 49.2 Å². The van der Waals surface area contributed by atoms with E-state index in [0.717, 1.165) is 25.2 Å². The van der Waals surface area contributed by atoms with Crippen LogP contribution >= 0.6 is 0 Å². The summed E-state index contributed by atoms with van der Waals surface area (Å²) >= 11 is 0. The van der Waals surface area contributed by atoms with Crippen molar-refractivity contribution < 1.29 is 5.11 Å². The summed E-state index contributed by atoms with van der Waals surface area (Å²) in [5.74, 6) is 0. The molecule has 1 aromatic heterocycles. The molecular formula is C11H17N3O. The fraction of sp³-hybridized carbons (Fsp3) is 0.636. The van der Waals surface area contributed by atoms with Gasteiger partial charge in [0.1, 0.15) is 0 Å². The monoisotopic (exact) mass is 207 g/mol. The number of β-amino-alcohol motifs (C(OH)–C–C–N with tert-alkyl or cyclic N) is 1. The fourth-order valence-corrected chi connectivity index (χ4v) is 2.20. The van der Waals surface area contributed by atoms with Crippen LogP contribution in [0.3, 0.4) is 0 Å². The molecule has 0 amide bonds. The average molecular weight is 207 g/mol. The number of nitrogens with zero attached hydrogens (tertiary/aromatic N) is 3. The Morgan fingerprint density at radius 1 is 1.40 bits per heavy atom. The maximum absolute atomic E-state index is 9.01. The molecule has 1 atom stereocenters. The third-order valence-electron chi connectivity index (χ3n) is 2.93. The minimum Gasteiger partial charge on any atom is -0.395 e. The maximum atomic E-state index is 9.01. The zero-order valence-electron chi connectivity index (χ0n) is 8.84. The van der Waals surface area contributed by atoms with Crippen LogP contribution in [-0.4, -0.2) is 39.7 Å². The highest BCUT2D eigenvalue weighted by Gasteiger charge is 2.24. The number of aromatic nitrogens is 2. The predicted octanol–water partition coefficient (Wildman–Crippen LogP) is 0.996. The summed E-state index contributed by atoms with van der Waals surface area (Å²) in [4.78, 5) is 10.8. The summed E-state index contributed by atoms with van der Waals surface area (Å²) in [6, 6.07) is 0.347. The van der Waals surface area contributed by atoms with Gasteiger partial charge in [-0.05, 0) is 19.4 Å². The second kappa shape index (κ2) is 5.19. The van der Waals surface area contributed by atoms with Gasteiger partial charge in [0.15, 0.2) is 0 Å². The third-order valence-corrected chi connectivity index (χ3v) is 2.93. The molecule has 1 fully saturated rings. The number of aliphatic hydroxyl groups excluding tert-OH is 1. The van der Waals surface area contributed by atoms with Gasteiger partial charge in [0.25, 0.3) is 0 Å². The first kappa shape index (κ1) is 10.5. The number of hydrogen-bond donors (Lipinski definition) is 1. The molecule has 1 aliphatic heterocycles. The van der Waals surface area contributed by atoms with Gasteiger partial charge in [-0.1, -0.05) is 6.42 Å². The summed E-state index contributed by atoms with van der Waals surface area (Å²) in [7, 11) is 0. The van der Waals surface area contributed by atoms with Crippen molar-refractivity contribution in [3.8, 4) is 0 Å². The molecule has 1 N–H and O–H groups in total. The first-order valence-electron chi connectivity index (χ1n) is 5.52. The molecule has 0 aliphatic carbocycles. The first-order chi connectivity index (χ1) is 7.42. The molecule has 1 unspecified atom stereocenters. The van der Waals surface area contributed by atoms with Crippen LogP contribution in [0.15, 0.2) is 18.6 Å². The average Bonchev–Trinajstić information content (AvgIpc) is 2.31. The Labute approximate surface area is 90.0 Å². The summed E-state index contributed by atoms with van der Waals surface area (Å²) in [5.41, 5.74) is 1.03. The van der Waals surface area contributed by atoms with E-state index >= 15 is 0 Å². The van der Waals surface area contributed by atoms with Crippen molar-refractivity contribution in [3.05, 3.63) is 24.3 Å². The van der Waals surface area contributed by atoms with E-state index in [2.05, 4.69) is 14.9 Å². The molecule has 4 nitrogen and oxygen atoms in total. The highest BCUT2D eigenvalue weighted by Crippen LogP contribution is 2.28. The molecule has 0 bridgehead atoms. The number of likely N-dealkylation sites (tertiary alicyclic amines) is 1. The Bertz CT molecular complexity index is 289. The molecule has 2 rings (SSSR count). The lowest BCUT2D eigenvalue weighted by Gasteiger charge is -2.34. The van der Waals surface area contributed by atoms with Crippen LogP contribution < -0.4 is 0 Å². The molecule has 2 heterocycles. The Balaban J connectivity index is 2.11. The third kappa shape index (κ3) is 2.52. The van der Waals surface area contributed by atoms with E-state index in [1.807, 2.05) is 6.20 Å². The van der Waals surface area contributed by atoms with Crippen LogP contribution in [0.25, 0.3) is 0 Å². The van der Waals surface area contributed by atoms with Gasteiger partial charge in [0.2, 0.25) is 0 Å². The van der Waals surface area contributed by atoms with Crippen LogP contribution in [0.5, 0.6) is 0 Å². The van der Waals surface area contributed by atoms with Gasteiger partial charge in [-0.15, -0.1) is 0 Å². The minimum absolute atomic E-state index is 0.219. The highest BCUT2D eigenvalue weighted by molar-refractivity contribution is 5.03. The number of aliphatic hydroxyl groups is 1. The van der Waals surface area contributed by atoms with Crippen molar-refractivity contribution in [1.29, 1.82) is 0 Å². The van der Waals surface area contributed by atoms with E-state index in [0.29, 0.717) is 6.04 Å². The van der Waals surface area contributed by atoms with Gasteiger partial charge in [-0.3, -0.25) is 14.9 Å². The Morgan fingerprint density at radius 2 is 2.33 bits per heavy atom. The Hall–Kier alpha value is -1.00. The highest BCUT2D eigenvalue weighted by atomic mass is 16.3. The normalized spacial score (nSPS) is 22.9. The van der Waals surface area contributed by atoms with Crippen molar-refractivity contribution >= 4 is 0 Å². The van der Waals surface area contributed by atoms with Gasteiger partial charge in [-0.2, -0.15) is 0 Å². The lowest BCUT2D eigenvalue weighted by Crippen LogP contribution is -2.35. The molecule has 0 spiro atoms. The van der Waals surface area contributed by atoms with E-state index in [1.165, 1.54) is 12.8 Å². The van der Waals surface area contributed by atoms with Crippen molar-refractivity contribution in [2.24, 2.45) is 0 Å². The van der Waals surface area contributed by atoms with E-state index < -0.39 is 0 Å². The smallest absolute Gasteiger partial charge is 0.0758 e. The van der Waals surface area contributed by atoms with Crippen LogP contribution in [0.2, 0.25) is 0 Å². The van der Waals surface area contributed by atoms with Gasteiger partial charge < -0.3 is 5.11 Å². The molecule has 0 radical (unpaired) electrons. The van der Waals surface area contributed by atoms with Crippen LogP contribution in [0.4, 0.5) is 0 Å². The van der Waals surface area contributed by atoms with Crippen molar-refractivity contribution in [2.75, 3.05) is 19.7 Å². The molecule has 1 aromatic rings. The largest absolute Gasteiger partial charge is 0.395 e. The minimum atomic E-state index is 0.219. The SMILES string of the molecule is OCCN1CCCCC1c1cnccn1. The maximum Gasteiger partial charge on any atom is 0.0758 e. The predicted molar refractivity (Wildman–Crippen MR) is 57.3 cm³/mol. The van der Waals surface area contributed by atoms with E-state index in [-0.39, 0.29) is 6.61 Å². The van der Waals surface area contributed by atoms with Crippen LogP contribution in [0.1, 0.15) is 31.0 Å². The van der Waals surface area contributed by atoms with Crippen LogP contribution in [0, 0.1) is 0 Å². The van der Waals surface area contributed by atoms with Crippen molar-refractivity contribution in [1.82, 2.24) is 14.9 Å². The summed E-state index contributed by atoms with van der Waals surface area (Å²) in [6.45, 7) is 2.01. The van der Waals surface area contributed by atoms with Gasteiger partial charge in [-0.25, -0.2) is 0 Å². The summed E-state index contributed by atoms with van der Waals surface area (Å²) < 4.78 is 0. The fourth-order valence-electron chi connectivity index (χ4n) is 2.20. The Kier molecular flexibility index (Phi) is 3.64. The van der Waals surface area contributed by atoms with E-state index in [4.69, 9.17) is 5.11 Å². The molecule has 1 saturated heterocycles. The van der Waals surface area contributed by atoms with Gasteiger partial charge in [0, 0.05) is 25.1 Å². The second-order valence-electron chi connectivity index (χ2n) is 3.90. The molecule has 15 heavy (non-hydrogen) atoms. The van der Waals surface area contributed by atoms with Crippen molar-refractivity contribution in [2.45, 2.75) is 25.3 Å². The van der Waals surface area contributed by atoms with E-state index in [1.54, 1.807) is 12.4 Å². The molecule has 82 valence electrons. The van der Waals surface area contributed by atoms with Gasteiger partial charge >= 0.3 is 0 Å². The zero-order chi connectivity index (χ0) is 10.5. The van der Waals surface area contributed by atoms with Crippen molar-refractivity contribution in [3.63, 3.8) is 0 Å². The van der Waals surface area contributed by atoms with Crippen LogP contribution in [-0.2, 0) is 0 Å². The molecule has 0 aromatic carbocycles. The standard InChI is InChI=1S/C11H17N3O/c15-8-7-14-6-2-1-3-11(14)10-9-12-4-5-13-10/h4-5,9,11,15H,1-3,6-8H2. The number of hydrogen-bond acceptors (Lipinski definition) is 4.